The van der Waals surface area contributed by atoms with Crippen molar-refractivity contribution in [3.8, 4) is 22.1 Å². The lowest BCUT2D eigenvalue weighted by molar-refractivity contribution is 0.259. The average molecular weight is 594 g/mol. The van der Waals surface area contributed by atoms with E-state index in [0.717, 1.165) is 28.0 Å². The first kappa shape index (κ1) is 28.6. The smallest absolute Gasteiger partial charge is 0.338 e. The normalized spacial score (nSPS) is 11.3. The standard InChI is InChI=1S/C28H25F2N7O4S/c1-35(2)13-18-23-25(38)37(21-11-12-22(41-3)34-33-21)28(40)36(14-17-19(29)5-4-6-20(17)30)26(23)42-24(18)15-7-9-16(10-8-15)32-27(31)39/h4-12H,13-14H2,1-3H3,(H3,31,32,39). The van der Waals surface area contributed by atoms with Gasteiger partial charge in [-0.2, -0.15) is 0 Å². The van der Waals surface area contributed by atoms with Gasteiger partial charge in [-0.3, -0.25) is 9.36 Å². The number of urea groups is 1. The maximum atomic E-state index is 14.8. The molecule has 14 heteroatoms. The summed E-state index contributed by atoms with van der Waals surface area (Å²) in [5, 5.41) is 10.6. The van der Waals surface area contributed by atoms with Crippen molar-refractivity contribution in [3.05, 3.63) is 98.2 Å². The number of methoxy groups -OCH3 is 1. The minimum atomic E-state index is -0.847. The van der Waals surface area contributed by atoms with E-state index < -0.39 is 35.5 Å². The number of nitrogens with zero attached hydrogens (tertiary/aromatic N) is 5. The van der Waals surface area contributed by atoms with Gasteiger partial charge in [-0.15, -0.1) is 21.5 Å². The summed E-state index contributed by atoms with van der Waals surface area (Å²) in [6, 6.07) is 12.3. The molecule has 216 valence electrons. The molecule has 0 bridgehead atoms. The van der Waals surface area contributed by atoms with E-state index in [1.807, 2.05) is 19.0 Å². The van der Waals surface area contributed by atoms with Crippen LogP contribution in [0.15, 0.2) is 64.2 Å². The molecule has 42 heavy (non-hydrogen) atoms. The fourth-order valence-corrected chi connectivity index (χ4v) is 5.84. The van der Waals surface area contributed by atoms with Gasteiger partial charge in [-0.1, -0.05) is 18.2 Å². The molecule has 0 aliphatic heterocycles. The fourth-order valence-electron chi connectivity index (χ4n) is 4.54. The zero-order valence-corrected chi connectivity index (χ0v) is 23.5. The Kier molecular flexibility index (Phi) is 7.83. The molecular weight excluding hydrogens is 568 g/mol. The van der Waals surface area contributed by atoms with Crippen molar-refractivity contribution in [2.75, 3.05) is 26.5 Å². The third-order valence-corrected chi connectivity index (χ3v) is 7.71. The lowest BCUT2D eigenvalue weighted by Crippen LogP contribution is -2.39. The summed E-state index contributed by atoms with van der Waals surface area (Å²) in [6.45, 7) is -0.188. The molecule has 5 rings (SSSR count). The highest BCUT2D eigenvalue weighted by Gasteiger charge is 2.25. The van der Waals surface area contributed by atoms with Crippen LogP contribution in [0, 0.1) is 11.6 Å². The average Bonchev–Trinajstić information content (AvgIpc) is 3.31. The van der Waals surface area contributed by atoms with Gasteiger partial charge in [0.25, 0.3) is 5.56 Å². The van der Waals surface area contributed by atoms with Crippen LogP contribution in [0.1, 0.15) is 11.1 Å². The second-order valence-corrected chi connectivity index (χ2v) is 10.5. The molecule has 3 N–H and O–H groups in total. The van der Waals surface area contributed by atoms with Crippen molar-refractivity contribution in [1.82, 2.24) is 24.2 Å². The van der Waals surface area contributed by atoms with Gasteiger partial charge in [0, 0.05) is 28.7 Å². The van der Waals surface area contributed by atoms with E-state index in [1.165, 1.54) is 29.9 Å². The number of anilines is 1. The molecule has 0 saturated heterocycles. The van der Waals surface area contributed by atoms with Crippen LogP contribution in [0.3, 0.4) is 0 Å². The minimum Gasteiger partial charge on any atom is -0.480 e. The molecule has 0 radical (unpaired) electrons. The largest absolute Gasteiger partial charge is 0.480 e. The van der Waals surface area contributed by atoms with Crippen molar-refractivity contribution < 1.29 is 18.3 Å². The maximum Gasteiger partial charge on any atom is 0.338 e. The summed E-state index contributed by atoms with van der Waals surface area (Å²) in [6.07, 6.45) is 0. The summed E-state index contributed by atoms with van der Waals surface area (Å²) in [5.74, 6) is -1.58. The Morgan fingerprint density at radius 3 is 2.29 bits per heavy atom. The van der Waals surface area contributed by atoms with E-state index in [0.29, 0.717) is 28.2 Å². The van der Waals surface area contributed by atoms with E-state index in [-0.39, 0.29) is 27.5 Å². The van der Waals surface area contributed by atoms with Gasteiger partial charge in [0.15, 0.2) is 5.82 Å². The number of thiophene rings is 1. The van der Waals surface area contributed by atoms with Crippen molar-refractivity contribution in [2.45, 2.75) is 13.1 Å². The Morgan fingerprint density at radius 1 is 1.02 bits per heavy atom. The van der Waals surface area contributed by atoms with E-state index >= 15 is 0 Å². The number of rotatable bonds is 8. The van der Waals surface area contributed by atoms with Gasteiger partial charge in [-0.05, 0) is 55.6 Å². The van der Waals surface area contributed by atoms with Crippen LogP contribution in [0.4, 0.5) is 19.3 Å². The van der Waals surface area contributed by atoms with Crippen LogP contribution in [0.25, 0.3) is 26.5 Å². The highest BCUT2D eigenvalue weighted by atomic mass is 32.1. The number of amides is 2. The van der Waals surface area contributed by atoms with Crippen LogP contribution >= 0.6 is 11.3 Å². The first-order valence-corrected chi connectivity index (χ1v) is 13.3. The summed E-state index contributed by atoms with van der Waals surface area (Å²) in [4.78, 5) is 42.1. The van der Waals surface area contributed by atoms with E-state index in [2.05, 4.69) is 15.5 Å². The molecule has 0 unspecified atom stereocenters. The second kappa shape index (κ2) is 11.5. The molecule has 0 aliphatic carbocycles. The first-order valence-electron chi connectivity index (χ1n) is 12.5. The number of nitrogens with one attached hydrogen (secondary N) is 1. The number of benzene rings is 2. The van der Waals surface area contributed by atoms with Crippen molar-refractivity contribution in [3.63, 3.8) is 0 Å². The van der Waals surface area contributed by atoms with Crippen LogP contribution in [0.5, 0.6) is 5.88 Å². The predicted octanol–water partition coefficient (Wildman–Crippen LogP) is 3.56. The number of hydrogen-bond acceptors (Lipinski definition) is 8. The number of aromatic nitrogens is 4. The number of halogens is 2. The minimum absolute atomic E-state index is 0.0825. The third-order valence-electron chi connectivity index (χ3n) is 6.40. The number of carbonyl (C=O) groups is 1. The van der Waals surface area contributed by atoms with Crippen LogP contribution in [-0.2, 0) is 13.1 Å². The third kappa shape index (κ3) is 5.36. The molecule has 0 fully saturated rings. The van der Waals surface area contributed by atoms with E-state index in [4.69, 9.17) is 10.5 Å². The molecule has 2 amide bonds. The van der Waals surface area contributed by atoms with Gasteiger partial charge >= 0.3 is 11.7 Å². The molecule has 0 aliphatic rings. The molecule has 0 atom stereocenters. The number of hydrogen-bond donors (Lipinski definition) is 2. The molecule has 2 aromatic carbocycles. The van der Waals surface area contributed by atoms with Crippen LogP contribution in [0.2, 0.25) is 0 Å². The summed E-state index contributed by atoms with van der Waals surface area (Å²) in [5.41, 5.74) is 5.13. The van der Waals surface area contributed by atoms with Gasteiger partial charge in [0.2, 0.25) is 5.88 Å². The van der Waals surface area contributed by atoms with Crippen molar-refractivity contribution in [1.29, 1.82) is 0 Å². The highest BCUT2D eigenvalue weighted by Crippen LogP contribution is 2.38. The van der Waals surface area contributed by atoms with Crippen molar-refractivity contribution >= 4 is 33.3 Å². The van der Waals surface area contributed by atoms with Gasteiger partial charge in [-0.25, -0.2) is 22.9 Å². The number of carbonyl (C=O) groups excluding carboxylic acids is 1. The molecule has 0 spiro atoms. The topological polar surface area (TPSA) is 137 Å². The molecular formula is C28H25F2N7O4S. The summed E-state index contributed by atoms with van der Waals surface area (Å²) < 4.78 is 36.7. The van der Waals surface area contributed by atoms with Crippen LogP contribution < -0.4 is 27.0 Å². The zero-order chi connectivity index (χ0) is 30.1. The Balaban J connectivity index is 1.84. The Hall–Kier alpha value is -4.95. The number of fused-ring (bicyclic) bond motifs is 1. The number of nitrogens with two attached hydrogens (primary N) is 1. The highest BCUT2D eigenvalue weighted by molar-refractivity contribution is 7.22. The molecule has 3 heterocycles. The molecule has 11 nitrogen and oxygen atoms in total. The number of primary amides is 1. The van der Waals surface area contributed by atoms with E-state index in [9.17, 15) is 23.2 Å². The fraction of sp³-hybridized carbons (Fsp3) is 0.179. The summed E-state index contributed by atoms with van der Waals surface area (Å²) in [7, 11) is 5.05. The van der Waals surface area contributed by atoms with Gasteiger partial charge in [0.1, 0.15) is 16.5 Å². The Bertz CT molecular complexity index is 1900. The SMILES string of the molecule is COc1ccc(-n2c(=O)c3c(CN(C)C)c(-c4ccc(NC(N)=O)cc4)sc3n(Cc3c(F)cccc3F)c2=O)nn1. The molecule has 3 aromatic heterocycles. The van der Waals surface area contributed by atoms with Crippen molar-refractivity contribution in [2.24, 2.45) is 5.73 Å². The summed E-state index contributed by atoms with van der Waals surface area (Å²) >= 11 is 1.14. The number of ether oxygens (including phenoxy) is 1. The zero-order valence-electron chi connectivity index (χ0n) is 22.7. The Morgan fingerprint density at radius 2 is 1.71 bits per heavy atom. The lowest BCUT2D eigenvalue weighted by atomic mass is 10.1. The predicted molar refractivity (Wildman–Crippen MR) is 155 cm³/mol. The monoisotopic (exact) mass is 593 g/mol. The van der Waals surface area contributed by atoms with Gasteiger partial charge in [0.05, 0.1) is 19.0 Å². The van der Waals surface area contributed by atoms with E-state index in [1.54, 1.807) is 24.3 Å². The quantitative estimate of drug-likeness (QED) is 0.281. The Labute approximate surface area is 241 Å². The maximum absolute atomic E-state index is 14.8. The molecule has 5 aromatic rings. The first-order chi connectivity index (χ1) is 20.1. The lowest BCUT2D eigenvalue weighted by Gasteiger charge is -2.14. The molecule has 0 saturated carbocycles. The second-order valence-electron chi connectivity index (χ2n) is 9.54. The van der Waals surface area contributed by atoms with Gasteiger partial charge < -0.3 is 20.7 Å². The van der Waals surface area contributed by atoms with Crippen LogP contribution in [-0.4, -0.2) is 51.5 Å².